The molecule has 1 saturated heterocycles. The summed E-state index contributed by atoms with van der Waals surface area (Å²) in [4.78, 5) is 26.6. The Hall–Kier alpha value is -3.87. The summed E-state index contributed by atoms with van der Waals surface area (Å²) in [6.45, 7) is 1.82. The second kappa shape index (κ2) is 9.15. The maximum atomic E-state index is 15.4. The largest absolute Gasteiger partial charge is 0.390 e. The Morgan fingerprint density at radius 3 is 2.84 bits per heavy atom. The van der Waals surface area contributed by atoms with Crippen molar-refractivity contribution in [2.24, 2.45) is 0 Å². The fourth-order valence-corrected chi connectivity index (χ4v) is 5.61. The van der Waals surface area contributed by atoms with Gasteiger partial charge in [0.1, 0.15) is 23.9 Å². The van der Waals surface area contributed by atoms with E-state index in [0.717, 1.165) is 0 Å². The Balaban J connectivity index is 1.36. The van der Waals surface area contributed by atoms with Crippen LogP contribution in [0.5, 0.6) is 0 Å². The molecule has 4 aromatic rings. The van der Waals surface area contributed by atoms with Gasteiger partial charge in [0.15, 0.2) is 17.4 Å². The SMILES string of the molecule is CC12C=C(c3c(-n4cnnn4)ccc(Cl)c3F)CCN1[C@@H](c1ncc(-c3ccnc(CO)c3F)[nH]1)C(=O)C2. The minimum atomic E-state index is -0.721. The van der Waals surface area contributed by atoms with Crippen molar-refractivity contribution in [3.63, 3.8) is 0 Å². The van der Waals surface area contributed by atoms with E-state index in [1.54, 1.807) is 6.07 Å². The van der Waals surface area contributed by atoms with Crippen LogP contribution in [-0.2, 0) is 11.4 Å². The van der Waals surface area contributed by atoms with Gasteiger partial charge in [-0.05, 0) is 47.5 Å². The zero-order chi connectivity index (χ0) is 26.6. The van der Waals surface area contributed by atoms with Crippen molar-refractivity contribution in [3.8, 4) is 16.9 Å². The molecule has 194 valence electrons. The number of nitrogens with zero attached hydrogens (tertiary/aromatic N) is 7. The van der Waals surface area contributed by atoms with Crippen LogP contribution in [0.2, 0.25) is 5.02 Å². The molecule has 3 aromatic heterocycles. The highest BCUT2D eigenvalue weighted by Crippen LogP contribution is 2.46. The highest BCUT2D eigenvalue weighted by Gasteiger charge is 2.50. The number of aromatic amines is 1. The number of tetrazole rings is 1. The summed E-state index contributed by atoms with van der Waals surface area (Å²) >= 11 is 6.14. The van der Waals surface area contributed by atoms with E-state index >= 15 is 4.39 Å². The minimum Gasteiger partial charge on any atom is -0.390 e. The highest BCUT2D eigenvalue weighted by atomic mass is 35.5. The maximum Gasteiger partial charge on any atom is 0.159 e. The molecule has 10 nitrogen and oxygen atoms in total. The van der Waals surface area contributed by atoms with Crippen molar-refractivity contribution in [2.75, 3.05) is 6.54 Å². The van der Waals surface area contributed by atoms with Crippen LogP contribution in [0.1, 0.15) is 42.9 Å². The molecule has 2 aliphatic rings. The lowest BCUT2D eigenvalue weighted by Gasteiger charge is -2.39. The molecular weight excluding hydrogens is 518 g/mol. The Morgan fingerprint density at radius 1 is 1.24 bits per heavy atom. The number of benzene rings is 1. The molecule has 0 amide bonds. The third-order valence-electron chi connectivity index (χ3n) is 7.16. The maximum absolute atomic E-state index is 15.4. The standard InChI is InChI=1S/C25H21ClF2N8O2/c1-25-8-13(20-18(36-12-31-33-34-36)3-2-15(26)22(20)28)5-7-35(25)23(19(38)9-25)24-30-10-16(32-24)14-4-6-29-17(11-37)21(14)27/h2-4,6,8,10,12,23,37H,5,7,9,11H2,1H3,(H,30,32)/t23-,25?/m1/s1. The van der Waals surface area contributed by atoms with Crippen LogP contribution in [0, 0.1) is 11.6 Å². The molecule has 0 radical (unpaired) electrons. The van der Waals surface area contributed by atoms with Gasteiger partial charge in [-0.1, -0.05) is 17.7 Å². The lowest BCUT2D eigenvalue weighted by molar-refractivity contribution is -0.120. The predicted octanol–water partition coefficient (Wildman–Crippen LogP) is 3.43. The van der Waals surface area contributed by atoms with Crippen LogP contribution in [0.3, 0.4) is 0 Å². The van der Waals surface area contributed by atoms with E-state index in [4.69, 9.17) is 11.6 Å². The van der Waals surface area contributed by atoms with Gasteiger partial charge in [-0.2, -0.15) is 4.68 Å². The van der Waals surface area contributed by atoms with Gasteiger partial charge in [0.05, 0.1) is 29.2 Å². The molecule has 0 aliphatic carbocycles. The van der Waals surface area contributed by atoms with Crippen molar-refractivity contribution >= 4 is 23.0 Å². The Bertz CT molecular complexity index is 1590. The van der Waals surface area contributed by atoms with Crippen LogP contribution in [0.4, 0.5) is 8.78 Å². The number of H-pyrrole nitrogens is 1. The topological polar surface area (TPSA) is 126 Å². The quantitative estimate of drug-likeness (QED) is 0.396. The monoisotopic (exact) mass is 538 g/mol. The van der Waals surface area contributed by atoms with Crippen molar-refractivity contribution in [1.82, 2.24) is 40.1 Å². The first kappa shape index (κ1) is 24.5. The van der Waals surface area contributed by atoms with E-state index in [2.05, 4.69) is 30.5 Å². The molecule has 13 heteroatoms. The van der Waals surface area contributed by atoms with Gasteiger partial charge < -0.3 is 10.1 Å². The number of fused-ring (bicyclic) bond motifs is 1. The number of Topliss-reactive ketones (excluding diaryl/α,β-unsaturated/α-hetero) is 1. The normalized spacial score (nSPS) is 21.6. The number of rotatable bonds is 5. The number of ketones is 1. The van der Waals surface area contributed by atoms with Gasteiger partial charge in [0, 0.05) is 35.8 Å². The molecular formula is C25H21ClF2N8O2. The highest BCUT2D eigenvalue weighted by molar-refractivity contribution is 6.31. The molecule has 1 aromatic carbocycles. The van der Waals surface area contributed by atoms with E-state index < -0.39 is 29.8 Å². The molecule has 2 aliphatic heterocycles. The van der Waals surface area contributed by atoms with Crippen LogP contribution in [0.15, 0.2) is 43.0 Å². The summed E-state index contributed by atoms with van der Waals surface area (Å²) in [6, 6.07) is 3.90. The average Bonchev–Trinajstić information content (AvgIpc) is 3.64. The summed E-state index contributed by atoms with van der Waals surface area (Å²) in [7, 11) is 0. The van der Waals surface area contributed by atoms with Crippen molar-refractivity contribution < 1.29 is 18.7 Å². The summed E-state index contributed by atoms with van der Waals surface area (Å²) in [6.07, 6.45) is 6.75. The van der Waals surface area contributed by atoms with Gasteiger partial charge in [-0.15, -0.1) is 5.10 Å². The fourth-order valence-electron chi connectivity index (χ4n) is 5.45. The van der Waals surface area contributed by atoms with Gasteiger partial charge in [0.2, 0.25) is 0 Å². The molecule has 0 saturated carbocycles. The number of pyridine rings is 1. The molecule has 1 fully saturated rings. The van der Waals surface area contributed by atoms with Gasteiger partial charge >= 0.3 is 0 Å². The molecule has 38 heavy (non-hydrogen) atoms. The molecule has 6 rings (SSSR count). The lowest BCUT2D eigenvalue weighted by Crippen LogP contribution is -2.44. The van der Waals surface area contributed by atoms with Crippen molar-refractivity contribution in [2.45, 2.75) is 38.0 Å². The lowest BCUT2D eigenvalue weighted by atomic mass is 9.87. The molecule has 1 unspecified atom stereocenters. The van der Waals surface area contributed by atoms with Crippen LogP contribution in [-0.4, -0.2) is 63.0 Å². The molecule has 2 N–H and O–H groups in total. The third kappa shape index (κ3) is 3.83. The number of aliphatic hydroxyl groups excluding tert-OH is 1. The van der Waals surface area contributed by atoms with Crippen molar-refractivity contribution in [3.05, 3.63) is 76.7 Å². The van der Waals surface area contributed by atoms with Gasteiger partial charge in [-0.25, -0.2) is 13.8 Å². The minimum absolute atomic E-state index is 0.0264. The fraction of sp³-hybridized carbons (Fsp3) is 0.280. The van der Waals surface area contributed by atoms with E-state index in [1.165, 1.54) is 35.5 Å². The van der Waals surface area contributed by atoms with Crippen LogP contribution < -0.4 is 0 Å². The van der Waals surface area contributed by atoms with Gasteiger partial charge in [0.25, 0.3) is 0 Å². The van der Waals surface area contributed by atoms with E-state index in [9.17, 15) is 14.3 Å². The summed E-state index contributed by atoms with van der Waals surface area (Å²) in [5.74, 6) is -0.915. The second-order valence-corrected chi connectivity index (χ2v) is 9.89. The Labute approximate surface area is 220 Å². The van der Waals surface area contributed by atoms with Crippen molar-refractivity contribution in [1.29, 1.82) is 0 Å². The number of aliphatic hydroxyl groups is 1. The number of halogens is 3. The Morgan fingerprint density at radius 2 is 2.08 bits per heavy atom. The smallest absolute Gasteiger partial charge is 0.159 e. The molecule has 5 heterocycles. The molecule has 2 atom stereocenters. The van der Waals surface area contributed by atoms with Gasteiger partial charge in [-0.3, -0.25) is 14.7 Å². The number of nitrogens with one attached hydrogen (secondary N) is 1. The average molecular weight is 539 g/mol. The van der Waals surface area contributed by atoms with Crippen LogP contribution >= 0.6 is 11.6 Å². The zero-order valence-corrected chi connectivity index (χ0v) is 20.8. The van der Waals surface area contributed by atoms with Crippen LogP contribution in [0.25, 0.3) is 22.5 Å². The first-order chi connectivity index (χ1) is 18.3. The number of carbonyl (C=O) groups is 1. The van der Waals surface area contributed by atoms with E-state index in [1.807, 2.05) is 17.9 Å². The number of hydrogen-bond acceptors (Lipinski definition) is 8. The predicted molar refractivity (Wildman–Crippen MR) is 132 cm³/mol. The third-order valence-corrected chi connectivity index (χ3v) is 7.45. The molecule has 0 spiro atoms. The zero-order valence-electron chi connectivity index (χ0n) is 20.1. The second-order valence-electron chi connectivity index (χ2n) is 9.49. The number of hydrogen-bond donors (Lipinski definition) is 2. The van der Waals surface area contributed by atoms with E-state index in [0.29, 0.717) is 35.7 Å². The summed E-state index contributed by atoms with van der Waals surface area (Å²) < 4.78 is 31.5. The first-order valence-corrected chi connectivity index (χ1v) is 12.2. The van der Waals surface area contributed by atoms with E-state index in [-0.39, 0.29) is 34.0 Å². The summed E-state index contributed by atoms with van der Waals surface area (Å²) in [5, 5.41) is 20.5. The first-order valence-electron chi connectivity index (χ1n) is 11.8. The number of aromatic nitrogens is 7. The number of imidazole rings is 1. The molecule has 0 bridgehead atoms. The summed E-state index contributed by atoms with van der Waals surface area (Å²) in [5.41, 5.74) is 1.19. The number of carbonyl (C=O) groups excluding carboxylic acids is 1. The Kier molecular flexibility index (Phi) is 5.89.